The third-order valence-corrected chi connectivity index (χ3v) is 5.22. The van der Waals surface area contributed by atoms with Gasteiger partial charge < -0.3 is 0 Å². The van der Waals surface area contributed by atoms with Gasteiger partial charge in [0.1, 0.15) is 0 Å². The first-order chi connectivity index (χ1) is 8.58. The molecular weight excluding hydrogens is 304 g/mol. The van der Waals surface area contributed by atoms with Gasteiger partial charge >= 0.3 is 0 Å². The number of halogens is 1. The lowest BCUT2D eigenvalue weighted by Gasteiger charge is -2.24. The first-order valence-corrected chi connectivity index (χ1v) is 8.89. The molecule has 0 unspecified atom stereocenters. The molecule has 0 heterocycles. The Labute approximate surface area is 119 Å². The zero-order valence-electron chi connectivity index (χ0n) is 10.5. The standard InChI is InChI=1S/C16H15BrS/c1-18(2,16-6-4-3-5-7-16)13-12-14-8-10-15(17)11-9-14/h3-11H,1-2H3. The van der Waals surface area contributed by atoms with Gasteiger partial charge in [-0.15, -0.1) is 0 Å². The summed E-state index contributed by atoms with van der Waals surface area (Å²) in [5.41, 5.74) is 1.06. The molecule has 2 aromatic rings. The minimum absolute atomic E-state index is 1.04. The lowest BCUT2D eigenvalue weighted by atomic mass is 10.2. The van der Waals surface area contributed by atoms with Crippen molar-refractivity contribution < 1.29 is 0 Å². The van der Waals surface area contributed by atoms with Gasteiger partial charge in [0.25, 0.3) is 0 Å². The Morgan fingerprint density at radius 1 is 0.889 bits per heavy atom. The van der Waals surface area contributed by atoms with Crippen molar-refractivity contribution in [3.05, 3.63) is 64.6 Å². The van der Waals surface area contributed by atoms with Crippen molar-refractivity contribution in [2.75, 3.05) is 12.5 Å². The van der Waals surface area contributed by atoms with Gasteiger partial charge in [-0.05, 0) is 54.2 Å². The summed E-state index contributed by atoms with van der Waals surface area (Å²) in [4.78, 5) is 1.33. The molecule has 0 aliphatic rings. The van der Waals surface area contributed by atoms with E-state index in [0.29, 0.717) is 0 Å². The Morgan fingerprint density at radius 3 is 2.11 bits per heavy atom. The second-order valence-electron chi connectivity index (χ2n) is 4.37. The van der Waals surface area contributed by atoms with Gasteiger partial charge in [0, 0.05) is 14.9 Å². The molecule has 2 heteroatoms. The van der Waals surface area contributed by atoms with Crippen LogP contribution < -0.4 is 0 Å². The molecule has 0 aliphatic heterocycles. The predicted octanol–water partition coefficient (Wildman–Crippen LogP) is 4.88. The van der Waals surface area contributed by atoms with Gasteiger partial charge in [0.05, 0.1) is 0 Å². The molecule has 0 spiro atoms. The summed E-state index contributed by atoms with van der Waals surface area (Å²) in [5.74, 6) is 3.28. The third-order valence-electron chi connectivity index (χ3n) is 2.63. The molecule has 0 nitrogen and oxygen atoms in total. The number of hydrogen-bond acceptors (Lipinski definition) is 0. The summed E-state index contributed by atoms with van der Waals surface area (Å²) in [7, 11) is -1.04. The molecule has 0 saturated carbocycles. The molecule has 18 heavy (non-hydrogen) atoms. The lowest BCUT2D eigenvalue weighted by molar-refractivity contribution is 1.45. The van der Waals surface area contributed by atoms with Crippen LogP contribution in [-0.2, 0) is 0 Å². The van der Waals surface area contributed by atoms with Crippen LogP contribution >= 0.6 is 26.0 Å². The molecule has 0 amide bonds. The van der Waals surface area contributed by atoms with Crippen molar-refractivity contribution >= 4 is 26.0 Å². The normalized spacial score (nSPS) is 11.5. The highest BCUT2D eigenvalue weighted by atomic mass is 79.9. The largest absolute Gasteiger partial charge is 0.156 e. The van der Waals surface area contributed by atoms with E-state index in [-0.39, 0.29) is 0 Å². The van der Waals surface area contributed by atoms with Crippen LogP contribution in [0.15, 0.2) is 64.0 Å². The van der Waals surface area contributed by atoms with E-state index in [1.165, 1.54) is 4.90 Å². The van der Waals surface area contributed by atoms with Crippen molar-refractivity contribution in [3.8, 4) is 11.2 Å². The summed E-state index contributed by atoms with van der Waals surface area (Å²) in [5, 5.41) is 3.43. The average Bonchev–Trinajstić information content (AvgIpc) is 2.39. The second-order valence-corrected chi connectivity index (χ2v) is 8.62. The summed E-state index contributed by atoms with van der Waals surface area (Å²) in [6, 6.07) is 18.6. The maximum atomic E-state index is 3.43. The minimum atomic E-state index is -1.04. The number of rotatable bonds is 1. The molecule has 0 atom stereocenters. The van der Waals surface area contributed by atoms with E-state index in [9.17, 15) is 0 Å². The summed E-state index contributed by atoms with van der Waals surface area (Å²) in [6.07, 6.45) is 4.46. The number of benzene rings is 2. The predicted molar refractivity (Wildman–Crippen MR) is 85.2 cm³/mol. The van der Waals surface area contributed by atoms with E-state index in [0.717, 1.165) is 10.0 Å². The van der Waals surface area contributed by atoms with Crippen LogP contribution in [0.4, 0.5) is 0 Å². The highest BCUT2D eigenvalue weighted by molar-refractivity contribution is 9.10. The van der Waals surface area contributed by atoms with Gasteiger partial charge in [-0.1, -0.05) is 40.0 Å². The third kappa shape index (κ3) is 3.41. The molecule has 0 bridgehead atoms. The van der Waals surface area contributed by atoms with Gasteiger partial charge in [0.2, 0.25) is 0 Å². The Morgan fingerprint density at radius 2 is 1.50 bits per heavy atom. The maximum Gasteiger partial charge on any atom is 0.0254 e. The number of hydrogen-bond donors (Lipinski definition) is 0. The maximum absolute atomic E-state index is 3.43. The van der Waals surface area contributed by atoms with Crippen molar-refractivity contribution in [2.24, 2.45) is 0 Å². The smallest absolute Gasteiger partial charge is 0.0254 e. The van der Waals surface area contributed by atoms with E-state index in [1.807, 2.05) is 30.3 Å². The fourth-order valence-electron chi connectivity index (χ4n) is 1.54. The molecule has 0 saturated heterocycles. The fraction of sp³-hybridized carbons (Fsp3) is 0.125. The molecule has 0 N–H and O–H groups in total. The van der Waals surface area contributed by atoms with Crippen LogP contribution in [0.2, 0.25) is 0 Å². The van der Waals surface area contributed by atoms with Gasteiger partial charge in [-0.3, -0.25) is 0 Å². The van der Waals surface area contributed by atoms with Crippen molar-refractivity contribution in [3.63, 3.8) is 0 Å². The Hall–Kier alpha value is -1.17. The molecule has 0 aliphatic carbocycles. The first kappa shape index (κ1) is 13.3. The Balaban J connectivity index is 2.26. The Kier molecular flexibility index (Phi) is 4.16. The zero-order valence-corrected chi connectivity index (χ0v) is 12.9. The highest BCUT2D eigenvalue weighted by Gasteiger charge is 2.10. The van der Waals surface area contributed by atoms with Crippen molar-refractivity contribution in [1.29, 1.82) is 0 Å². The summed E-state index contributed by atoms with van der Waals surface area (Å²) < 4.78 is 1.09. The molecule has 2 aromatic carbocycles. The molecule has 0 radical (unpaired) electrons. The van der Waals surface area contributed by atoms with Crippen molar-refractivity contribution in [1.82, 2.24) is 0 Å². The van der Waals surface area contributed by atoms with Crippen molar-refractivity contribution in [2.45, 2.75) is 4.90 Å². The van der Waals surface area contributed by atoms with Crippen LogP contribution in [-0.4, -0.2) is 12.5 Å². The highest BCUT2D eigenvalue weighted by Crippen LogP contribution is 2.47. The van der Waals surface area contributed by atoms with Crippen LogP contribution in [0.3, 0.4) is 0 Å². The average molecular weight is 319 g/mol. The van der Waals surface area contributed by atoms with Crippen LogP contribution in [0.1, 0.15) is 5.56 Å². The molecule has 2 rings (SSSR count). The molecular formula is C16H15BrS. The van der Waals surface area contributed by atoms with Crippen LogP contribution in [0, 0.1) is 11.2 Å². The van der Waals surface area contributed by atoms with E-state index < -0.39 is 10.0 Å². The van der Waals surface area contributed by atoms with E-state index in [1.54, 1.807) is 0 Å². The monoisotopic (exact) mass is 318 g/mol. The van der Waals surface area contributed by atoms with E-state index >= 15 is 0 Å². The van der Waals surface area contributed by atoms with Gasteiger partial charge in [0.15, 0.2) is 0 Å². The quantitative estimate of drug-likeness (QED) is 0.657. The summed E-state index contributed by atoms with van der Waals surface area (Å²) in [6.45, 7) is 0. The van der Waals surface area contributed by atoms with Gasteiger partial charge in [-0.25, -0.2) is 0 Å². The summed E-state index contributed by atoms with van der Waals surface area (Å²) >= 11 is 3.43. The fourth-order valence-corrected chi connectivity index (χ4v) is 3.13. The second kappa shape index (κ2) is 5.65. The SMILES string of the molecule is CS(C)(C#Cc1ccc(Br)cc1)c1ccccc1. The first-order valence-electron chi connectivity index (χ1n) is 5.65. The Bertz CT molecular complexity index is 574. The lowest BCUT2D eigenvalue weighted by Crippen LogP contribution is -1.92. The van der Waals surface area contributed by atoms with Gasteiger partial charge in [-0.2, -0.15) is 10.0 Å². The zero-order chi connectivity index (χ0) is 13.0. The van der Waals surface area contributed by atoms with Crippen LogP contribution in [0.5, 0.6) is 0 Å². The molecule has 92 valence electrons. The van der Waals surface area contributed by atoms with E-state index in [2.05, 4.69) is 63.9 Å². The minimum Gasteiger partial charge on any atom is -0.156 e. The topological polar surface area (TPSA) is 0 Å². The molecule has 0 aromatic heterocycles. The van der Waals surface area contributed by atoms with Crippen LogP contribution in [0.25, 0.3) is 0 Å². The van der Waals surface area contributed by atoms with E-state index in [4.69, 9.17) is 0 Å². The molecule has 0 fully saturated rings.